The van der Waals surface area contributed by atoms with Crippen LogP contribution in [0.25, 0.3) is 0 Å². The van der Waals surface area contributed by atoms with Crippen LogP contribution in [0.5, 0.6) is 0 Å². The fourth-order valence-electron chi connectivity index (χ4n) is 2.59. The van der Waals surface area contributed by atoms with E-state index in [9.17, 15) is 14.3 Å². The largest absolute Gasteiger partial charge is 0.386 e. The Hall–Kier alpha value is -2.40. The number of anilines is 1. The number of hydrogen-bond acceptors (Lipinski definition) is 2. The summed E-state index contributed by atoms with van der Waals surface area (Å²) in [6.45, 7) is 5.66. The standard InChI is InChI=1S/C19H23FN2O2/c1-4-14-7-5-6-12(2)17(14)22-19(24)21-13(3)18(23)15-8-10-16(20)11-9-15/h5-11,13,18,23H,4H2,1-3H3,(H2,21,22,24). The summed E-state index contributed by atoms with van der Waals surface area (Å²) in [7, 11) is 0. The molecule has 2 aromatic carbocycles. The molecule has 4 nitrogen and oxygen atoms in total. The number of aliphatic hydroxyl groups excluding tert-OH is 1. The molecule has 0 spiro atoms. The van der Waals surface area contributed by atoms with Crippen LogP contribution in [0, 0.1) is 12.7 Å². The lowest BCUT2D eigenvalue weighted by Gasteiger charge is -2.22. The van der Waals surface area contributed by atoms with Gasteiger partial charge in [0, 0.05) is 5.69 Å². The van der Waals surface area contributed by atoms with E-state index < -0.39 is 12.1 Å². The van der Waals surface area contributed by atoms with Crippen LogP contribution in [0.1, 0.15) is 36.6 Å². The van der Waals surface area contributed by atoms with E-state index in [0.29, 0.717) is 5.56 Å². The second kappa shape index (κ2) is 7.93. The molecule has 0 bridgehead atoms. The highest BCUT2D eigenvalue weighted by Gasteiger charge is 2.19. The van der Waals surface area contributed by atoms with Gasteiger partial charge in [-0.3, -0.25) is 0 Å². The Bertz CT molecular complexity index is 701. The van der Waals surface area contributed by atoms with Gasteiger partial charge in [0.25, 0.3) is 0 Å². The molecule has 0 saturated carbocycles. The zero-order valence-electron chi connectivity index (χ0n) is 14.1. The van der Waals surface area contributed by atoms with Crippen molar-refractivity contribution in [2.75, 3.05) is 5.32 Å². The van der Waals surface area contributed by atoms with Crippen molar-refractivity contribution in [1.82, 2.24) is 5.32 Å². The number of carbonyl (C=O) groups excluding carboxylic acids is 1. The Morgan fingerprint density at radius 3 is 2.50 bits per heavy atom. The molecule has 0 radical (unpaired) electrons. The maximum Gasteiger partial charge on any atom is 0.319 e. The summed E-state index contributed by atoms with van der Waals surface area (Å²) >= 11 is 0. The van der Waals surface area contributed by atoms with E-state index in [1.807, 2.05) is 32.0 Å². The number of benzene rings is 2. The fourth-order valence-corrected chi connectivity index (χ4v) is 2.59. The highest BCUT2D eigenvalue weighted by atomic mass is 19.1. The van der Waals surface area contributed by atoms with Crippen LogP contribution in [0.4, 0.5) is 14.9 Å². The number of halogens is 1. The van der Waals surface area contributed by atoms with Gasteiger partial charge in [-0.25, -0.2) is 9.18 Å². The maximum atomic E-state index is 13.0. The molecule has 3 N–H and O–H groups in total. The first-order valence-corrected chi connectivity index (χ1v) is 8.02. The van der Waals surface area contributed by atoms with Crippen LogP contribution in [0.3, 0.4) is 0 Å². The van der Waals surface area contributed by atoms with Gasteiger partial charge in [0.15, 0.2) is 0 Å². The van der Waals surface area contributed by atoms with Crippen LogP contribution < -0.4 is 10.6 Å². The van der Waals surface area contributed by atoms with Crippen molar-refractivity contribution in [3.8, 4) is 0 Å². The zero-order chi connectivity index (χ0) is 17.7. The van der Waals surface area contributed by atoms with E-state index >= 15 is 0 Å². The van der Waals surface area contributed by atoms with Gasteiger partial charge in [-0.1, -0.05) is 37.3 Å². The molecule has 128 valence electrons. The Kier molecular flexibility index (Phi) is 5.93. The lowest BCUT2D eigenvalue weighted by Crippen LogP contribution is -2.40. The lowest BCUT2D eigenvalue weighted by molar-refractivity contribution is 0.139. The molecular formula is C19H23FN2O2. The van der Waals surface area contributed by atoms with Crippen molar-refractivity contribution < 1.29 is 14.3 Å². The average Bonchev–Trinajstić information content (AvgIpc) is 2.56. The third-order valence-corrected chi connectivity index (χ3v) is 4.02. The number of amides is 2. The van der Waals surface area contributed by atoms with Gasteiger partial charge in [0.2, 0.25) is 0 Å². The van der Waals surface area contributed by atoms with Gasteiger partial charge in [-0.15, -0.1) is 0 Å². The van der Waals surface area contributed by atoms with Gasteiger partial charge in [-0.05, 0) is 49.1 Å². The van der Waals surface area contributed by atoms with E-state index in [1.54, 1.807) is 6.92 Å². The third kappa shape index (κ3) is 4.32. The van der Waals surface area contributed by atoms with Gasteiger partial charge >= 0.3 is 6.03 Å². The quantitative estimate of drug-likeness (QED) is 0.777. The SMILES string of the molecule is CCc1cccc(C)c1NC(=O)NC(C)C(O)c1ccc(F)cc1. The first-order valence-electron chi connectivity index (χ1n) is 8.02. The second-order valence-corrected chi connectivity index (χ2v) is 5.85. The van der Waals surface area contributed by atoms with Crippen molar-refractivity contribution in [1.29, 1.82) is 0 Å². The fraction of sp³-hybridized carbons (Fsp3) is 0.316. The van der Waals surface area contributed by atoms with Crippen molar-refractivity contribution in [3.05, 3.63) is 65.0 Å². The Morgan fingerprint density at radius 1 is 1.21 bits per heavy atom. The van der Waals surface area contributed by atoms with Gasteiger partial charge < -0.3 is 15.7 Å². The topological polar surface area (TPSA) is 61.4 Å². The minimum atomic E-state index is -0.918. The molecule has 0 heterocycles. The molecule has 2 atom stereocenters. The first-order chi connectivity index (χ1) is 11.4. The van der Waals surface area contributed by atoms with Crippen LogP contribution in [-0.2, 0) is 6.42 Å². The molecule has 0 aliphatic carbocycles. The monoisotopic (exact) mass is 330 g/mol. The molecule has 0 aromatic heterocycles. The predicted molar refractivity (Wildman–Crippen MR) is 93.5 cm³/mol. The average molecular weight is 330 g/mol. The number of carbonyl (C=O) groups is 1. The second-order valence-electron chi connectivity index (χ2n) is 5.85. The number of hydrogen-bond donors (Lipinski definition) is 3. The van der Waals surface area contributed by atoms with Crippen LogP contribution in [-0.4, -0.2) is 17.2 Å². The Morgan fingerprint density at radius 2 is 1.88 bits per heavy atom. The minimum Gasteiger partial charge on any atom is -0.386 e. The van der Waals surface area contributed by atoms with Crippen molar-refractivity contribution in [2.45, 2.75) is 39.3 Å². The smallest absolute Gasteiger partial charge is 0.319 e. The molecule has 0 saturated heterocycles. The maximum absolute atomic E-state index is 13.0. The van der Waals surface area contributed by atoms with E-state index in [1.165, 1.54) is 24.3 Å². The van der Waals surface area contributed by atoms with Gasteiger partial charge in [0.05, 0.1) is 12.1 Å². The van der Waals surface area contributed by atoms with Crippen molar-refractivity contribution in [2.24, 2.45) is 0 Å². The summed E-state index contributed by atoms with van der Waals surface area (Å²) in [5, 5.41) is 15.9. The molecule has 2 rings (SSSR count). The molecule has 2 unspecified atom stereocenters. The molecule has 5 heteroatoms. The van der Waals surface area contributed by atoms with Gasteiger partial charge in [0.1, 0.15) is 5.82 Å². The van der Waals surface area contributed by atoms with Crippen molar-refractivity contribution in [3.63, 3.8) is 0 Å². The Balaban J connectivity index is 2.03. The highest BCUT2D eigenvalue weighted by Crippen LogP contribution is 2.21. The summed E-state index contributed by atoms with van der Waals surface area (Å²) in [5.74, 6) is -0.365. The summed E-state index contributed by atoms with van der Waals surface area (Å²) in [4.78, 5) is 12.2. The molecule has 0 aliphatic rings. The lowest BCUT2D eigenvalue weighted by atomic mass is 10.0. The summed E-state index contributed by atoms with van der Waals surface area (Å²) in [6.07, 6.45) is -0.107. The molecule has 2 aromatic rings. The number of para-hydroxylation sites is 1. The first kappa shape index (κ1) is 17.9. The normalized spacial score (nSPS) is 13.2. The van der Waals surface area contributed by atoms with E-state index in [-0.39, 0.29) is 11.8 Å². The number of aryl methyl sites for hydroxylation is 2. The van der Waals surface area contributed by atoms with Gasteiger partial charge in [-0.2, -0.15) is 0 Å². The van der Waals surface area contributed by atoms with Crippen LogP contribution >= 0.6 is 0 Å². The number of aliphatic hydroxyl groups is 1. The van der Waals surface area contributed by atoms with Crippen LogP contribution in [0.2, 0.25) is 0 Å². The number of nitrogens with one attached hydrogen (secondary N) is 2. The third-order valence-electron chi connectivity index (χ3n) is 4.02. The minimum absolute atomic E-state index is 0.365. The molecule has 24 heavy (non-hydrogen) atoms. The number of urea groups is 1. The van der Waals surface area contributed by atoms with Crippen molar-refractivity contribution >= 4 is 11.7 Å². The summed E-state index contributed by atoms with van der Waals surface area (Å²) < 4.78 is 13.0. The zero-order valence-corrected chi connectivity index (χ0v) is 14.1. The molecule has 0 aliphatic heterocycles. The summed E-state index contributed by atoms with van der Waals surface area (Å²) in [5.41, 5.74) is 3.38. The molecule has 2 amide bonds. The highest BCUT2D eigenvalue weighted by molar-refractivity contribution is 5.91. The van der Waals surface area contributed by atoms with E-state index in [4.69, 9.17) is 0 Å². The molecular weight excluding hydrogens is 307 g/mol. The van der Waals surface area contributed by atoms with E-state index in [0.717, 1.165) is 23.2 Å². The summed E-state index contributed by atoms with van der Waals surface area (Å²) in [6, 6.07) is 10.5. The number of rotatable bonds is 5. The predicted octanol–water partition coefficient (Wildman–Crippen LogP) is 3.94. The Labute approximate surface area is 141 Å². The van der Waals surface area contributed by atoms with Crippen LogP contribution in [0.15, 0.2) is 42.5 Å². The molecule has 0 fully saturated rings. The van der Waals surface area contributed by atoms with E-state index in [2.05, 4.69) is 10.6 Å².